The summed E-state index contributed by atoms with van der Waals surface area (Å²) in [5.74, 6) is 0.988. The normalized spacial score (nSPS) is 21.3. The zero-order valence-electron chi connectivity index (χ0n) is 24.6. The van der Waals surface area contributed by atoms with Crippen molar-refractivity contribution in [2.45, 2.75) is 62.8 Å². The molecule has 2 fully saturated rings. The summed E-state index contributed by atoms with van der Waals surface area (Å²) >= 11 is 10.2. The third kappa shape index (κ3) is 9.29. The molecule has 0 N–H and O–H groups in total. The van der Waals surface area contributed by atoms with Gasteiger partial charge in [0.05, 0.1) is 0 Å². The number of halogens is 1. The Kier molecular flexibility index (Phi) is 11.8. The third-order valence-electron chi connectivity index (χ3n) is 8.62. The molecule has 0 unspecified atom stereocenters. The van der Waals surface area contributed by atoms with E-state index >= 15 is 0 Å². The minimum Gasteiger partial charge on any atom is -0.378 e. The van der Waals surface area contributed by atoms with Gasteiger partial charge in [-0.05, 0) is 117 Å². The number of hydrogen-bond acceptors (Lipinski definition) is 7. The van der Waals surface area contributed by atoms with E-state index in [1.807, 2.05) is 30.1 Å². The zero-order chi connectivity index (χ0) is 27.7. The topological polar surface area (TPSA) is 16.2 Å². The SMILES string of the molecule is CN(C)c1ccc(SN2CCCN(CCC3CCC3)CCCN(SN3CCc4cc(Cl)ccc4C3)CCC2)cc1. The molecule has 220 valence electrons. The second kappa shape index (κ2) is 15.5. The van der Waals surface area contributed by atoms with Crippen LogP contribution in [0.3, 0.4) is 0 Å². The van der Waals surface area contributed by atoms with Crippen molar-refractivity contribution in [3.8, 4) is 0 Å². The van der Waals surface area contributed by atoms with E-state index in [1.165, 1.54) is 86.3 Å². The fourth-order valence-corrected chi connectivity index (χ4v) is 8.24. The lowest BCUT2D eigenvalue weighted by atomic mass is 9.83. The second-order valence-electron chi connectivity index (χ2n) is 11.9. The van der Waals surface area contributed by atoms with E-state index in [9.17, 15) is 0 Å². The molecule has 2 heterocycles. The lowest BCUT2D eigenvalue weighted by Crippen LogP contribution is -2.36. The summed E-state index contributed by atoms with van der Waals surface area (Å²) in [7, 11) is 4.22. The third-order valence-corrected chi connectivity index (χ3v) is 11.1. The number of benzene rings is 2. The van der Waals surface area contributed by atoms with Gasteiger partial charge < -0.3 is 9.80 Å². The van der Waals surface area contributed by atoms with E-state index in [0.29, 0.717) is 0 Å². The van der Waals surface area contributed by atoms with Gasteiger partial charge in [0.2, 0.25) is 0 Å². The van der Waals surface area contributed by atoms with Gasteiger partial charge in [0, 0.05) is 81.1 Å². The maximum atomic E-state index is 6.26. The lowest BCUT2D eigenvalue weighted by molar-refractivity contribution is 0.200. The molecule has 1 saturated heterocycles. The number of fused-ring (bicyclic) bond motifs is 1. The molecule has 1 saturated carbocycles. The lowest BCUT2D eigenvalue weighted by Gasteiger charge is -2.34. The Morgan fingerprint density at radius 1 is 0.775 bits per heavy atom. The number of rotatable bonds is 8. The minimum absolute atomic E-state index is 0.862. The molecule has 0 radical (unpaired) electrons. The van der Waals surface area contributed by atoms with E-state index < -0.39 is 0 Å². The number of hydrogen-bond donors (Lipinski definition) is 0. The highest BCUT2D eigenvalue weighted by Gasteiger charge is 2.22. The van der Waals surface area contributed by atoms with Crippen LogP contribution in [-0.4, -0.2) is 84.3 Å². The monoisotopic (exact) mass is 601 g/mol. The van der Waals surface area contributed by atoms with Crippen molar-refractivity contribution in [3.63, 3.8) is 0 Å². The summed E-state index contributed by atoms with van der Waals surface area (Å²) in [4.78, 5) is 6.29. The fourth-order valence-electron chi connectivity index (χ4n) is 5.93. The first kappa shape index (κ1) is 30.5. The van der Waals surface area contributed by atoms with Gasteiger partial charge in [-0.1, -0.05) is 36.9 Å². The minimum atomic E-state index is 0.862. The highest BCUT2D eigenvalue weighted by molar-refractivity contribution is 7.97. The molecule has 5 nitrogen and oxygen atoms in total. The van der Waals surface area contributed by atoms with Crippen molar-refractivity contribution in [2.75, 3.05) is 71.4 Å². The van der Waals surface area contributed by atoms with Crippen LogP contribution in [0.15, 0.2) is 47.4 Å². The summed E-state index contributed by atoms with van der Waals surface area (Å²) in [6.07, 6.45) is 10.6. The first-order valence-electron chi connectivity index (χ1n) is 15.4. The number of anilines is 1. The second-order valence-corrected chi connectivity index (χ2v) is 14.7. The molecular formula is C32H48ClN5S2. The van der Waals surface area contributed by atoms with Crippen molar-refractivity contribution in [3.05, 3.63) is 58.6 Å². The van der Waals surface area contributed by atoms with Gasteiger partial charge >= 0.3 is 0 Å². The molecule has 1 aliphatic carbocycles. The maximum Gasteiger partial charge on any atom is 0.0408 e. The highest BCUT2D eigenvalue weighted by Crippen LogP contribution is 2.31. The first-order chi connectivity index (χ1) is 19.5. The Bertz CT molecular complexity index is 1050. The zero-order valence-corrected chi connectivity index (χ0v) is 27.0. The van der Waals surface area contributed by atoms with Gasteiger partial charge in [0.1, 0.15) is 0 Å². The van der Waals surface area contributed by atoms with Gasteiger partial charge in [-0.3, -0.25) is 0 Å². The largest absolute Gasteiger partial charge is 0.378 e. The molecule has 2 aromatic rings. The van der Waals surface area contributed by atoms with Crippen LogP contribution >= 0.6 is 35.7 Å². The van der Waals surface area contributed by atoms with Crippen LogP contribution in [0, 0.1) is 5.92 Å². The van der Waals surface area contributed by atoms with Gasteiger partial charge in [-0.2, -0.15) is 0 Å². The predicted molar refractivity (Wildman–Crippen MR) is 175 cm³/mol. The molecule has 0 spiro atoms. The molecule has 0 atom stereocenters. The molecule has 5 rings (SSSR count). The van der Waals surface area contributed by atoms with Crippen molar-refractivity contribution in [1.29, 1.82) is 0 Å². The molecule has 40 heavy (non-hydrogen) atoms. The van der Waals surface area contributed by atoms with E-state index in [1.54, 1.807) is 0 Å². The van der Waals surface area contributed by atoms with E-state index in [4.69, 9.17) is 11.6 Å². The van der Waals surface area contributed by atoms with Crippen molar-refractivity contribution in [1.82, 2.24) is 17.8 Å². The molecule has 8 heteroatoms. The number of nitrogens with zero attached hydrogens (tertiary/aromatic N) is 5. The smallest absolute Gasteiger partial charge is 0.0408 e. The Morgan fingerprint density at radius 2 is 1.48 bits per heavy atom. The molecule has 3 aliphatic rings. The van der Waals surface area contributed by atoms with E-state index in [-0.39, 0.29) is 0 Å². The van der Waals surface area contributed by atoms with Crippen LogP contribution in [0.25, 0.3) is 0 Å². The van der Waals surface area contributed by atoms with E-state index in [2.05, 4.69) is 73.2 Å². The standard InChI is InChI=1S/C32H48ClN5S2/c1-34(2)31-11-13-32(14-12-31)39-36-19-4-17-35(23-15-27-7-3-8-27)18-5-21-37(22-6-20-36)40-38-24-16-28-25-30(33)10-9-29(28)26-38/h9-14,25,27H,3-8,15-24,26H2,1-2H3. The molecule has 2 aliphatic heterocycles. The van der Waals surface area contributed by atoms with Crippen molar-refractivity contribution >= 4 is 41.4 Å². The Morgan fingerprint density at radius 3 is 2.15 bits per heavy atom. The molecular weight excluding hydrogens is 554 g/mol. The van der Waals surface area contributed by atoms with Crippen molar-refractivity contribution < 1.29 is 0 Å². The molecule has 0 amide bonds. The average Bonchev–Trinajstić information content (AvgIpc) is 2.91. The molecule has 0 bridgehead atoms. The summed E-state index contributed by atoms with van der Waals surface area (Å²) in [6, 6.07) is 15.5. The summed E-state index contributed by atoms with van der Waals surface area (Å²) < 4.78 is 7.84. The van der Waals surface area contributed by atoms with Gasteiger partial charge in [-0.15, -0.1) is 0 Å². The van der Waals surface area contributed by atoms with Crippen LogP contribution < -0.4 is 4.90 Å². The quantitative estimate of drug-likeness (QED) is 0.291. The van der Waals surface area contributed by atoms with Crippen LogP contribution in [-0.2, 0) is 13.0 Å². The van der Waals surface area contributed by atoms with Crippen LogP contribution in [0.5, 0.6) is 0 Å². The predicted octanol–water partition coefficient (Wildman–Crippen LogP) is 7.31. The summed E-state index contributed by atoms with van der Waals surface area (Å²) in [5.41, 5.74) is 4.12. The first-order valence-corrected chi connectivity index (χ1v) is 17.3. The Balaban J connectivity index is 1.20. The van der Waals surface area contributed by atoms with Crippen LogP contribution in [0.1, 0.15) is 56.1 Å². The molecule has 0 aromatic heterocycles. The summed E-state index contributed by atoms with van der Waals surface area (Å²) in [5, 5.41) is 0.862. The average molecular weight is 602 g/mol. The van der Waals surface area contributed by atoms with Gasteiger partial charge in [0.15, 0.2) is 0 Å². The maximum absolute atomic E-state index is 6.26. The van der Waals surface area contributed by atoms with Gasteiger partial charge in [0.25, 0.3) is 0 Å². The van der Waals surface area contributed by atoms with E-state index in [0.717, 1.165) is 56.6 Å². The Hall–Kier alpha value is -0.930. The van der Waals surface area contributed by atoms with Crippen molar-refractivity contribution in [2.24, 2.45) is 5.92 Å². The molecule has 2 aromatic carbocycles. The Labute approximate surface area is 257 Å². The van der Waals surface area contributed by atoms with Crippen LogP contribution in [0.2, 0.25) is 5.02 Å². The summed E-state index contributed by atoms with van der Waals surface area (Å²) in [6.45, 7) is 10.4. The van der Waals surface area contributed by atoms with Gasteiger partial charge in [-0.25, -0.2) is 12.9 Å². The van der Waals surface area contributed by atoms with Crippen LogP contribution in [0.4, 0.5) is 5.69 Å². The highest BCUT2D eigenvalue weighted by atomic mass is 35.5. The fraction of sp³-hybridized carbons (Fsp3) is 0.625.